The molecule has 38 heavy (non-hydrogen) atoms. The number of nitrogens with zero attached hydrogens (tertiary/aromatic N) is 2. The lowest BCUT2D eigenvalue weighted by atomic mass is 10.0. The van der Waals surface area contributed by atoms with Crippen molar-refractivity contribution in [2.24, 2.45) is 5.73 Å². The molecule has 1 aromatic heterocycles. The second kappa shape index (κ2) is 14.0. The van der Waals surface area contributed by atoms with Gasteiger partial charge in [-0.2, -0.15) is 0 Å². The summed E-state index contributed by atoms with van der Waals surface area (Å²) >= 11 is 0. The van der Waals surface area contributed by atoms with Gasteiger partial charge in [-0.3, -0.25) is 0 Å². The normalized spacial score (nSPS) is 11.6. The first-order chi connectivity index (χ1) is 18.2. The van der Waals surface area contributed by atoms with Crippen LogP contribution in [0.15, 0.2) is 81.1 Å². The van der Waals surface area contributed by atoms with Crippen molar-refractivity contribution in [3.05, 3.63) is 103 Å². The number of nitrogens with two attached hydrogens (primary N) is 1. The van der Waals surface area contributed by atoms with Gasteiger partial charge in [-0.05, 0) is 75.4 Å². The fourth-order valence-electron chi connectivity index (χ4n) is 3.67. The average molecular weight is 511 g/mol. The smallest absolute Gasteiger partial charge is 0.174 e. The lowest BCUT2D eigenvalue weighted by Crippen LogP contribution is -2.37. The Labute approximate surface area is 227 Å². The van der Waals surface area contributed by atoms with E-state index in [-0.39, 0.29) is 0 Å². The molecule has 0 spiro atoms. The predicted molar refractivity (Wildman–Crippen MR) is 167 cm³/mol. The van der Waals surface area contributed by atoms with Crippen LogP contribution in [0.1, 0.15) is 44.7 Å². The van der Waals surface area contributed by atoms with Crippen LogP contribution in [-0.2, 0) is 6.42 Å². The Kier molecular flexibility index (Phi) is 11.0. The molecular weight excluding hydrogens is 468 g/mol. The highest BCUT2D eigenvalue weighted by molar-refractivity contribution is 5.75. The Bertz CT molecular complexity index is 1370. The number of hydrogen-bond acceptors (Lipinski definition) is 6. The van der Waals surface area contributed by atoms with Crippen molar-refractivity contribution in [2.75, 3.05) is 16.0 Å². The Morgan fingerprint density at radius 3 is 2.05 bits per heavy atom. The summed E-state index contributed by atoms with van der Waals surface area (Å²) in [5, 5.41) is 12.1. The van der Waals surface area contributed by atoms with Gasteiger partial charge in [-0.15, -0.1) is 26.3 Å². The van der Waals surface area contributed by atoms with Crippen LogP contribution < -0.4 is 32.4 Å². The van der Waals surface area contributed by atoms with E-state index in [0.29, 0.717) is 11.6 Å². The summed E-state index contributed by atoms with van der Waals surface area (Å²) in [7, 11) is 0. The van der Waals surface area contributed by atoms with Gasteiger partial charge < -0.3 is 21.7 Å². The van der Waals surface area contributed by atoms with Crippen LogP contribution in [0.2, 0.25) is 0 Å². The van der Waals surface area contributed by atoms with Crippen LogP contribution in [-0.4, -0.2) is 15.5 Å². The van der Waals surface area contributed by atoms with E-state index in [4.69, 9.17) is 15.7 Å². The van der Waals surface area contributed by atoms with Crippen LogP contribution >= 0.6 is 0 Å². The molecule has 0 saturated carbocycles. The topological polar surface area (TPSA) is 87.9 Å². The molecule has 3 aromatic rings. The largest absolute Gasteiger partial charge is 0.358 e. The van der Waals surface area contributed by atoms with Gasteiger partial charge >= 0.3 is 0 Å². The molecule has 0 bridgehead atoms. The zero-order valence-corrected chi connectivity index (χ0v) is 23.3. The number of nitrogens with one attached hydrogen (secondary N) is 3. The fraction of sp³-hybridized carbons (Fsp3) is 0.250. The van der Waals surface area contributed by atoms with Crippen LogP contribution in [0.25, 0.3) is 12.2 Å². The summed E-state index contributed by atoms with van der Waals surface area (Å²) < 4.78 is 0. The monoisotopic (exact) mass is 510 g/mol. The highest BCUT2D eigenvalue weighted by Crippen LogP contribution is 2.27. The quantitative estimate of drug-likeness (QED) is 0.260. The van der Waals surface area contributed by atoms with Gasteiger partial charge in [-0.25, -0.2) is 9.97 Å². The molecule has 0 unspecified atom stereocenters. The number of aryl methyl sites for hydroxylation is 2. The molecule has 0 amide bonds. The van der Waals surface area contributed by atoms with Crippen molar-refractivity contribution in [1.82, 2.24) is 9.97 Å². The second-order valence-corrected chi connectivity index (χ2v) is 9.34. The van der Waals surface area contributed by atoms with Gasteiger partial charge in [0, 0.05) is 28.3 Å². The minimum absolute atomic E-state index is 0.526. The third-order valence-corrected chi connectivity index (χ3v) is 5.95. The summed E-state index contributed by atoms with van der Waals surface area (Å²) in [4.78, 5) is 9.86. The predicted octanol–water partition coefficient (Wildman–Crippen LogP) is 6.46. The van der Waals surface area contributed by atoms with Crippen molar-refractivity contribution >= 4 is 40.8 Å². The summed E-state index contributed by atoms with van der Waals surface area (Å²) in [5.74, 6) is 1.38. The van der Waals surface area contributed by atoms with Crippen molar-refractivity contribution in [2.45, 2.75) is 52.5 Å². The Hall–Kier alpha value is -4.16. The first-order valence-corrected chi connectivity index (χ1v) is 12.8. The molecule has 0 saturated heterocycles. The van der Waals surface area contributed by atoms with Crippen LogP contribution in [0, 0.1) is 6.92 Å². The maximum atomic E-state index is 6.17. The first kappa shape index (κ1) is 30.1. The van der Waals surface area contributed by atoms with Crippen LogP contribution in [0.3, 0.4) is 0 Å². The molecule has 1 aliphatic rings. The Morgan fingerprint density at radius 1 is 0.895 bits per heavy atom. The number of aromatic nitrogens is 2. The molecule has 200 valence electrons. The maximum absolute atomic E-state index is 6.17. The van der Waals surface area contributed by atoms with Gasteiger partial charge in [0.1, 0.15) is 0 Å². The van der Waals surface area contributed by atoms with E-state index in [1.54, 1.807) is 0 Å². The van der Waals surface area contributed by atoms with E-state index in [1.807, 2.05) is 38.1 Å². The van der Waals surface area contributed by atoms with Crippen molar-refractivity contribution in [3.8, 4) is 0 Å². The molecule has 6 nitrogen and oxygen atoms in total. The van der Waals surface area contributed by atoms with E-state index in [0.717, 1.165) is 58.3 Å². The minimum atomic E-state index is -0.526. The zero-order chi connectivity index (χ0) is 28.3. The molecule has 0 aliphatic heterocycles. The molecular formula is C32H42N6. The fourth-order valence-corrected chi connectivity index (χ4v) is 3.67. The van der Waals surface area contributed by atoms with E-state index in [1.165, 1.54) is 5.56 Å². The third kappa shape index (κ3) is 7.92. The standard InChI is InChI=1S/C28H34N6.2C2H4/c1-6-20-15-14-18(2)25(16-20)34-27-26(32-23-12-7-8-13-24(23)33-27)31-22-11-9-10-21(17-22)30-19(3)28(4,5)29;2*1-2/h9-17,30H,3,6-8,29H2,1-2,4-5H3,(H,31,32)(H,33,34);2*1-2H2. The minimum Gasteiger partial charge on any atom is -0.358 e. The molecule has 5 N–H and O–H groups in total. The molecule has 0 fully saturated rings. The number of hydrogen-bond donors (Lipinski definition) is 4. The number of benzene rings is 2. The number of rotatable bonds is 8. The first-order valence-electron chi connectivity index (χ1n) is 12.8. The van der Waals surface area contributed by atoms with Crippen molar-refractivity contribution < 1.29 is 0 Å². The van der Waals surface area contributed by atoms with Gasteiger partial charge in [0.05, 0.1) is 10.7 Å². The number of anilines is 5. The van der Waals surface area contributed by atoms with Gasteiger partial charge in [0.2, 0.25) is 0 Å². The third-order valence-electron chi connectivity index (χ3n) is 5.95. The molecule has 6 heteroatoms. The summed E-state index contributed by atoms with van der Waals surface area (Å²) in [5.41, 5.74) is 11.7. The second-order valence-electron chi connectivity index (χ2n) is 9.34. The molecule has 2 aromatic carbocycles. The van der Waals surface area contributed by atoms with E-state index in [9.17, 15) is 0 Å². The highest BCUT2D eigenvalue weighted by atomic mass is 15.1. The summed E-state index contributed by atoms with van der Waals surface area (Å²) in [6.07, 6.45) is 7.22. The maximum Gasteiger partial charge on any atom is 0.174 e. The molecule has 0 radical (unpaired) electrons. The lowest BCUT2D eigenvalue weighted by molar-refractivity contribution is 0.617. The van der Waals surface area contributed by atoms with E-state index >= 15 is 0 Å². The van der Waals surface area contributed by atoms with Gasteiger partial charge in [0.15, 0.2) is 11.6 Å². The van der Waals surface area contributed by atoms with Crippen molar-refractivity contribution in [3.63, 3.8) is 0 Å². The summed E-state index contributed by atoms with van der Waals surface area (Å²) in [6.45, 7) is 24.2. The zero-order valence-electron chi connectivity index (χ0n) is 23.3. The Balaban J connectivity index is 0.00000121. The van der Waals surface area contributed by atoms with Crippen LogP contribution in [0.4, 0.5) is 28.7 Å². The summed E-state index contributed by atoms with van der Waals surface area (Å²) in [6, 6.07) is 14.5. The SMILES string of the molecule is C=C.C=C.C=C(Nc1cccc(Nc2nc3c(nc2Nc2cc(CC)ccc2C)=CCCC=3)c1)C(C)(C)N. The van der Waals surface area contributed by atoms with Crippen LogP contribution in [0.5, 0.6) is 0 Å². The number of fused-ring (bicyclic) bond motifs is 1. The molecule has 4 rings (SSSR count). The molecule has 1 aliphatic carbocycles. The average Bonchev–Trinajstić information content (AvgIpc) is 2.92. The lowest BCUT2D eigenvalue weighted by Gasteiger charge is -2.23. The molecule has 1 heterocycles. The van der Waals surface area contributed by atoms with Gasteiger partial charge in [0.25, 0.3) is 0 Å². The van der Waals surface area contributed by atoms with Gasteiger partial charge in [-0.1, -0.05) is 43.9 Å². The Morgan fingerprint density at radius 2 is 1.47 bits per heavy atom. The molecule has 0 atom stereocenters. The van der Waals surface area contributed by atoms with E-state index in [2.05, 4.69) is 93.0 Å². The van der Waals surface area contributed by atoms with Crippen molar-refractivity contribution in [1.29, 1.82) is 0 Å². The van der Waals surface area contributed by atoms with E-state index < -0.39 is 5.54 Å². The highest BCUT2D eigenvalue weighted by Gasteiger charge is 2.16.